The minimum atomic E-state index is -0.0321. The first-order valence-electron chi connectivity index (χ1n) is 6.02. The van der Waals surface area contributed by atoms with E-state index in [1.165, 1.54) is 11.1 Å². The van der Waals surface area contributed by atoms with Crippen molar-refractivity contribution in [1.82, 2.24) is 5.32 Å². The summed E-state index contributed by atoms with van der Waals surface area (Å²) in [5, 5.41) is 2.92. The van der Waals surface area contributed by atoms with E-state index in [4.69, 9.17) is 0 Å². The summed E-state index contributed by atoms with van der Waals surface area (Å²) in [5.41, 5.74) is 3.65. The van der Waals surface area contributed by atoms with Crippen LogP contribution in [0.5, 0.6) is 0 Å². The predicted octanol–water partition coefficient (Wildman–Crippen LogP) is 2.02. The number of anilines is 1. The molecule has 1 aliphatic rings. The molecule has 0 saturated carbocycles. The molecule has 0 aliphatic carbocycles. The maximum atomic E-state index is 11.5. The molecule has 1 aromatic rings. The average molecular weight is 232 g/mol. The van der Waals surface area contributed by atoms with Crippen LogP contribution < -0.4 is 10.2 Å². The predicted molar refractivity (Wildman–Crippen MR) is 70.4 cm³/mol. The fourth-order valence-corrected chi connectivity index (χ4v) is 2.16. The highest BCUT2D eigenvalue weighted by Crippen LogP contribution is 2.27. The van der Waals surface area contributed by atoms with Crippen molar-refractivity contribution in [3.63, 3.8) is 0 Å². The topological polar surface area (TPSA) is 32.3 Å². The van der Waals surface area contributed by atoms with Gasteiger partial charge in [0.25, 0.3) is 0 Å². The van der Waals surface area contributed by atoms with Crippen LogP contribution in [-0.4, -0.2) is 24.5 Å². The Morgan fingerprint density at radius 3 is 2.59 bits per heavy atom. The Bertz CT molecular complexity index is 452. The second kappa shape index (κ2) is 4.06. The first kappa shape index (κ1) is 12.0. The number of carbonyl (C=O) groups excluding carboxylic acids is 1. The Kier molecular flexibility index (Phi) is 2.86. The Morgan fingerprint density at radius 1 is 1.24 bits per heavy atom. The Morgan fingerprint density at radius 2 is 1.94 bits per heavy atom. The van der Waals surface area contributed by atoms with Crippen molar-refractivity contribution in [1.29, 1.82) is 0 Å². The lowest BCUT2D eigenvalue weighted by Crippen LogP contribution is -2.60. The third kappa shape index (κ3) is 2.28. The second-order valence-corrected chi connectivity index (χ2v) is 5.44. The molecule has 0 bridgehead atoms. The van der Waals surface area contributed by atoms with Gasteiger partial charge >= 0.3 is 0 Å². The number of benzene rings is 1. The van der Waals surface area contributed by atoms with Gasteiger partial charge in [-0.05, 0) is 51.0 Å². The van der Waals surface area contributed by atoms with Crippen molar-refractivity contribution >= 4 is 11.6 Å². The van der Waals surface area contributed by atoms with Gasteiger partial charge in [0.1, 0.15) is 0 Å². The zero-order valence-electron chi connectivity index (χ0n) is 11.0. The van der Waals surface area contributed by atoms with Crippen LogP contribution in [0, 0.1) is 13.8 Å². The third-order valence-electron chi connectivity index (χ3n) is 3.55. The van der Waals surface area contributed by atoms with Gasteiger partial charge in [-0.3, -0.25) is 4.79 Å². The molecule has 1 heterocycles. The van der Waals surface area contributed by atoms with E-state index in [-0.39, 0.29) is 11.4 Å². The van der Waals surface area contributed by atoms with Gasteiger partial charge in [0, 0.05) is 12.2 Å². The molecule has 0 atom stereocenters. The molecular weight excluding hydrogens is 212 g/mol. The van der Waals surface area contributed by atoms with Gasteiger partial charge in [0.05, 0.1) is 12.1 Å². The van der Waals surface area contributed by atoms with E-state index in [1.54, 1.807) is 0 Å². The maximum absolute atomic E-state index is 11.5. The highest BCUT2D eigenvalue weighted by Gasteiger charge is 2.33. The number of rotatable bonds is 1. The summed E-state index contributed by atoms with van der Waals surface area (Å²) < 4.78 is 0. The van der Waals surface area contributed by atoms with Crippen LogP contribution in [0.15, 0.2) is 18.2 Å². The van der Waals surface area contributed by atoms with Crippen LogP contribution in [0.1, 0.15) is 25.0 Å². The first-order valence-corrected chi connectivity index (χ1v) is 6.02. The molecule has 1 N–H and O–H groups in total. The molecule has 92 valence electrons. The average Bonchev–Trinajstić information content (AvgIpc) is 2.26. The molecule has 1 fully saturated rings. The van der Waals surface area contributed by atoms with Gasteiger partial charge in [0.2, 0.25) is 5.91 Å². The summed E-state index contributed by atoms with van der Waals surface area (Å²) in [4.78, 5) is 13.7. The van der Waals surface area contributed by atoms with E-state index >= 15 is 0 Å². The fourth-order valence-electron chi connectivity index (χ4n) is 2.16. The molecule has 17 heavy (non-hydrogen) atoms. The van der Waals surface area contributed by atoms with Crippen LogP contribution in [0.4, 0.5) is 5.69 Å². The lowest BCUT2D eigenvalue weighted by Gasteiger charge is -2.43. The molecule has 3 nitrogen and oxygen atoms in total. The van der Waals surface area contributed by atoms with Crippen molar-refractivity contribution < 1.29 is 4.79 Å². The van der Waals surface area contributed by atoms with Crippen molar-refractivity contribution in [3.05, 3.63) is 29.3 Å². The van der Waals surface area contributed by atoms with Gasteiger partial charge in [0.15, 0.2) is 0 Å². The summed E-state index contributed by atoms with van der Waals surface area (Å²) >= 11 is 0. The van der Waals surface area contributed by atoms with Crippen molar-refractivity contribution in [2.45, 2.75) is 33.2 Å². The highest BCUT2D eigenvalue weighted by molar-refractivity contribution is 5.83. The van der Waals surface area contributed by atoms with E-state index in [0.29, 0.717) is 13.1 Å². The van der Waals surface area contributed by atoms with E-state index < -0.39 is 0 Å². The monoisotopic (exact) mass is 232 g/mol. The Balaban J connectivity index is 2.36. The van der Waals surface area contributed by atoms with E-state index in [9.17, 15) is 4.79 Å². The van der Waals surface area contributed by atoms with Crippen LogP contribution in [-0.2, 0) is 4.79 Å². The standard InChI is InChI=1S/C14H20N2O/c1-10-5-6-12(7-11(10)2)16-8-13(17)15-9-14(16,3)4/h5-7H,8-9H2,1-4H3,(H,15,17). The number of hydrogen-bond acceptors (Lipinski definition) is 2. The minimum absolute atomic E-state index is 0.0321. The molecule has 2 rings (SSSR count). The van der Waals surface area contributed by atoms with Gasteiger partial charge in [-0.1, -0.05) is 6.07 Å². The number of amides is 1. The third-order valence-corrected chi connectivity index (χ3v) is 3.55. The number of nitrogens with one attached hydrogen (secondary N) is 1. The fraction of sp³-hybridized carbons (Fsp3) is 0.500. The summed E-state index contributed by atoms with van der Waals surface area (Å²) in [5.74, 6) is 0.0996. The number of aryl methyl sites for hydroxylation is 2. The SMILES string of the molecule is Cc1ccc(N2CC(=O)NCC2(C)C)cc1C. The second-order valence-electron chi connectivity index (χ2n) is 5.44. The lowest BCUT2D eigenvalue weighted by atomic mass is 9.98. The highest BCUT2D eigenvalue weighted by atomic mass is 16.2. The summed E-state index contributed by atoms with van der Waals surface area (Å²) in [6.45, 7) is 9.65. The molecule has 0 unspecified atom stereocenters. The number of piperazine rings is 1. The van der Waals surface area contributed by atoms with E-state index in [0.717, 1.165) is 5.69 Å². The normalized spacial score (nSPS) is 19.1. The smallest absolute Gasteiger partial charge is 0.239 e. The zero-order valence-corrected chi connectivity index (χ0v) is 11.0. The quantitative estimate of drug-likeness (QED) is 0.803. The van der Waals surface area contributed by atoms with Gasteiger partial charge in [-0.25, -0.2) is 0 Å². The van der Waals surface area contributed by atoms with Gasteiger partial charge < -0.3 is 10.2 Å². The van der Waals surface area contributed by atoms with E-state index in [2.05, 4.69) is 56.1 Å². The molecule has 1 amide bonds. The lowest BCUT2D eigenvalue weighted by molar-refractivity contribution is -0.121. The Hall–Kier alpha value is -1.51. The maximum Gasteiger partial charge on any atom is 0.239 e. The molecule has 0 aromatic heterocycles. The first-order chi connectivity index (χ1) is 7.90. The molecule has 3 heteroatoms. The van der Waals surface area contributed by atoms with Crippen molar-refractivity contribution in [3.8, 4) is 0 Å². The molecule has 1 saturated heterocycles. The van der Waals surface area contributed by atoms with Crippen LogP contribution in [0.2, 0.25) is 0 Å². The zero-order chi connectivity index (χ0) is 12.6. The van der Waals surface area contributed by atoms with Crippen LogP contribution in [0.25, 0.3) is 0 Å². The molecular formula is C14H20N2O. The largest absolute Gasteiger partial charge is 0.355 e. The molecule has 1 aliphatic heterocycles. The van der Waals surface area contributed by atoms with Crippen LogP contribution >= 0.6 is 0 Å². The van der Waals surface area contributed by atoms with Crippen LogP contribution in [0.3, 0.4) is 0 Å². The summed E-state index contributed by atoms with van der Waals surface area (Å²) in [7, 11) is 0. The Labute approximate surface area is 103 Å². The van der Waals surface area contributed by atoms with Gasteiger partial charge in [-0.15, -0.1) is 0 Å². The van der Waals surface area contributed by atoms with Gasteiger partial charge in [-0.2, -0.15) is 0 Å². The molecule has 0 radical (unpaired) electrons. The minimum Gasteiger partial charge on any atom is -0.355 e. The molecule has 0 spiro atoms. The summed E-state index contributed by atoms with van der Waals surface area (Å²) in [6, 6.07) is 6.38. The van der Waals surface area contributed by atoms with Crippen molar-refractivity contribution in [2.75, 3.05) is 18.0 Å². The number of carbonyl (C=O) groups is 1. The summed E-state index contributed by atoms with van der Waals surface area (Å²) in [6.07, 6.45) is 0. The number of hydrogen-bond donors (Lipinski definition) is 1. The number of nitrogens with zero attached hydrogens (tertiary/aromatic N) is 1. The van der Waals surface area contributed by atoms with Crippen molar-refractivity contribution in [2.24, 2.45) is 0 Å². The van der Waals surface area contributed by atoms with E-state index in [1.807, 2.05) is 0 Å². The molecule has 1 aromatic carbocycles.